The Morgan fingerprint density at radius 3 is 2.22 bits per heavy atom. The van der Waals surface area contributed by atoms with Gasteiger partial charge < -0.3 is 15.6 Å². The van der Waals surface area contributed by atoms with Gasteiger partial charge in [-0.3, -0.25) is 19.0 Å². The van der Waals surface area contributed by atoms with Gasteiger partial charge in [0.15, 0.2) is 0 Å². The molecular formula is C24H26F6N4O6S. The molecule has 17 heteroatoms. The van der Waals surface area contributed by atoms with E-state index in [0.717, 1.165) is 18.2 Å². The van der Waals surface area contributed by atoms with Gasteiger partial charge in [-0.05, 0) is 44.5 Å². The molecule has 2 heterocycles. The van der Waals surface area contributed by atoms with Crippen LogP contribution >= 0.6 is 0 Å². The summed E-state index contributed by atoms with van der Waals surface area (Å²) in [5.41, 5.74) is -1.22. The minimum Gasteiger partial charge on any atom is -0.486 e. The minimum atomic E-state index is -5.06. The summed E-state index contributed by atoms with van der Waals surface area (Å²) in [7, 11) is -4.91. The van der Waals surface area contributed by atoms with Crippen molar-refractivity contribution in [3.05, 3.63) is 42.2 Å². The molecule has 0 saturated carbocycles. The Balaban J connectivity index is 2.23. The lowest BCUT2D eigenvalue weighted by Crippen LogP contribution is -2.57. The number of amides is 2. The maximum absolute atomic E-state index is 13.8. The van der Waals surface area contributed by atoms with Crippen molar-refractivity contribution in [3.63, 3.8) is 0 Å². The van der Waals surface area contributed by atoms with Crippen molar-refractivity contribution < 1.29 is 54.2 Å². The molecule has 1 aliphatic heterocycles. The van der Waals surface area contributed by atoms with Crippen LogP contribution in [0.2, 0.25) is 0 Å². The molecule has 0 saturated heterocycles. The van der Waals surface area contributed by atoms with E-state index in [4.69, 9.17) is 10.5 Å². The maximum atomic E-state index is 13.8. The molecule has 1 aromatic heterocycles. The van der Waals surface area contributed by atoms with Crippen molar-refractivity contribution in [2.45, 2.75) is 63.0 Å². The molecule has 0 radical (unpaired) electrons. The number of sulfonamides is 1. The van der Waals surface area contributed by atoms with Crippen LogP contribution in [0.4, 0.5) is 42.5 Å². The third-order valence-corrected chi connectivity index (χ3v) is 8.36. The predicted octanol–water partition coefficient (Wildman–Crippen LogP) is 4.78. The van der Waals surface area contributed by atoms with E-state index in [-0.39, 0.29) is 17.1 Å². The Morgan fingerprint density at radius 1 is 1.10 bits per heavy atom. The van der Waals surface area contributed by atoms with Crippen molar-refractivity contribution in [2.75, 3.05) is 15.7 Å². The number of fused-ring (bicyclic) bond motifs is 1. The van der Waals surface area contributed by atoms with Crippen molar-refractivity contribution >= 4 is 33.4 Å². The molecule has 1 atom stereocenters. The Bertz CT molecular complexity index is 1460. The minimum absolute atomic E-state index is 0.0216. The lowest BCUT2D eigenvalue weighted by Gasteiger charge is -2.40. The zero-order valence-corrected chi connectivity index (χ0v) is 22.9. The molecule has 2 aromatic rings. The van der Waals surface area contributed by atoms with Gasteiger partial charge in [0.2, 0.25) is 5.91 Å². The molecule has 0 unspecified atom stereocenters. The highest BCUT2D eigenvalue weighted by molar-refractivity contribution is 7.92. The summed E-state index contributed by atoms with van der Waals surface area (Å²) < 4.78 is 115. The summed E-state index contributed by atoms with van der Waals surface area (Å²) in [6.07, 6.45) is -12.2. The number of rotatable bonds is 7. The molecule has 3 rings (SSSR count). The van der Waals surface area contributed by atoms with Gasteiger partial charge in [-0.1, -0.05) is 13.8 Å². The first-order chi connectivity index (χ1) is 18.5. The standard InChI is InChI=1S/C24H26F6N4O6S/c1-21(2,19(31)35)9-15-12-33(41(38,39)16-7-13(10-32-11-16)23(25,26)27)17-8-14(5-6-18(17)40-15)34(20(36)37)22(3,4)24(28,29)30/h5-8,10-11,15H,9,12H2,1-4H3,(H2,31,35)(H,36,37)/t15-/m0/s1. The van der Waals surface area contributed by atoms with Gasteiger partial charge in [-0.25, -0.2) is 13.2 Å². The number of halogens is 6. The fourth-order valence-corrected chi connectivity index (χ4v) is 5.57. The van der Waals surface area contributed by atoms with Crippen molar-refractivity contribution in [1.29, 1.82) is 0 Å². The first kappa shape index (κ1) is 31.8. The van der Waals surface area contributed by atoms with Crippen molar-refractivity contribution in [2.24, 2.45) is 11.1 Å². The van der Waals surface area contributed by atoms with E-state index in [1.807, 2.05) is 0 Å². The van der Waals surface area contributed by atoms with Crippen LogP contribution in [0.5, 0.6) is 5.75 Å². The van der Waals surface area contributed by atoms with Gasteiger partial charge in [0.05, 0.1) is 23.5 Å². The molecule has 0 aliphatic carbocycles. The normalized spacial score (nSPS) is 16.5. The number of carbonyl (C=O) groups is 2. The molecule has 1 aliphatic rings. The van der Waals surface area contributed by atoms with Crippen LogP contribution in [-0.2, 0) is 21.0 Å². The summed E-state index contributed by atoms with van der Waals surface area (Å²) in [6.45, 7) is 3.50. The summed E-state index contributed by atoms with van der Waals surface area (Å²) in [5, 5.41) is 9.67. The van der Waals surface area contributed by atoms with E-state index < -0.39 is 79.8 Å². The number of carbonyl (C=O) groups excluding carboxylic acids is 1. The van der Waals surface area contributed by atoms with Crippen LogP contribution in [0.25, 0.3) is 0 Å². The number of nitrogens with zero attached hydrogens (tertiary/aromatic N) is 3. The highest BCUT2D eigenvalue weighted by Gasteiger charge is 2.54. The molecule has 10 nitrogen and oxygen atoms in total. The Kier molecular flexibility index (Phi) is 7.95. The van der Waals surface area contributed by atoms with Crippen molar-refractivity contribution in [3.8, 4) is 5.75 Å². The molecule has 41 heavy (non-hydrogen) atoms. The number of ether oxygens (including phenoxy) is 1. The third-order valence-electron chi connectivity index (χ3n) is 6.61. The number of hydrogen-bond acceptors (Lipinski definition) is 6. The second kappa shape index (κ2) is 10.3. The summed E-state index contributed by atoms with van der Waals surface area (Å²) in [6, 6.07) is 3.13. The third kappa shape index (κ3) is 6.13. The molecule has 2 amide bonds. The SMILES string of the molecule is CC(C)(C[C@H]1CN(S(=O)(=O)c2cncc(C(F)(F)F)c2)c2cc(N(C(=O)O)C(C)(C)C(F)(F)F)ccc2O1)C(N)=O. The van der Waals surface area contributed by atoms with Gasteiger partial charge in [0.25, 0.3) is 10.0 Å². The lowest BCUT2D eigenvalue weighted by atomic mass is 9.85. The second-order valence-corrected chi connectivity index (χ2v) is 12.3. The van der Waals surface area contributed by atoms with E-state index >= 15 is 0 Å². The van der Waals surface area contributed by atoms with E-state index in [1.54, 1.807) is 0 Å². The number of alkyl halides is 6. The van der Waals surface area contributed by atoms with Gasteiger partial charge in [0, 0.05) is 17.8 Å². The topological polar surface area (TPSA) is 143 Å². The van der Waals surface area contributed by atoms with Gasteiger partial charge in [-0.15, -0.1) is 0 Å². The van der Waals surface area contributed by atoms with Crippen LogP contribution in [0.1, 0.15) is 39.7 Å². The summed E-state index contributed by atoms with van der Waals surface area (Å²) in [4.78, 5) is 26.3. The van der Waals surface area contributed by atoms with Crippen molar-refractivity contribution in [1.82, 2.24) is 4.98 Å². The van der Waals surface area contributed by atoms with Gasteiger partial charge in [-0.2, -0.15) is 26.3 Å². The highest BCUT2D eigenvalue weighted by atomic mass is 32.2. The van der Waals surface area contributed by atoms with E-state index in [9.17, 15) is 49.5 Å². The van der Waals surface area contributed by atoms with Gasteiger partial charge in [0.1, 0.15) is 22.3 Å². The zero-order valence-electron chi connectivity index (χ0n) is 22.0. The van der Waals surface area contributed by atoms with E-state index in [2.05, 4.69) is 4.98 Å². The number of aromatic nitrogens is 1. The van der Waals surface area contributed by atoms with Crippen LogP contribution in [-0.4, -0.2) is 54.9 Å². The van der Waals surface area contributed by atoms with E-state index in [0.29, 0.717) is 36.6 Å². The number of hydrogen-bond donors (Lipinski definition) is 2. The Labute approximate surface area is 230 Å². The number of pyridine rings is 1. The largest absolute Gasteiger partial charge is 0.486 e. The van der Waals surface area contributed by atoms with E-state index in [1.165, 1.54) is 13.8 Å². The zero-order chi connectivity index (χ0) is 31.3. The highest BCUT2D eigenvalue weighted by Crippen LogP contribution is 2.45. The molecule has 226 valence electrons. The molecule has 0 fully saturated rings. The van der Waals surface area contributed by atoms with Crippen LogP contribution in [0, 0.1) is 5.41 Å². The quantitative estimate of drug-likeness (QED) is 0.429. The summed E-state index contributed by atoms with van der Waals surface area (Å²) in [5.74, 6) is -1.01. The number of anilines is 2. The second-order valence-electron chi connectivity index (χ2n) is 10.5. The predicted molar refractivity (Wildman–Crippen MR) is 133 cm³/mol. The average Bonchev–Trinajstić information content (AvgIpc) is 2.81. The first-order valence-corrected chi connectivity index (χ1v) is 13.2. The maximum Gasteiger partial charge on any atom is 0.417 e. The Hall–Kier alpha value is -3.76. The molecule has 0 bridgehead atoms. The molecular weight excluding hydrogens is 586 g/mol. The summed E-state index contributed by atoms with van der Waals surface area (Å²) >= 11 is 0. The number of nitrogens with two attached hydrogens (primary N) is 1. The molecule has 3 N–H and O–H groups in total. The number of benzene rings is 1. The average molecular weight is 613 g/mol. The first-order valence-electron chi connectivity index (χ1n) is 11.8. The fraction of sp³-hybridized carbons (Fsp3) is 0.458. The smallest absolute Gasteiger partial charge is 0.417 e. The lowest BCUT2D eigenvalue weighted by molar-refractivity contribution is -0.175. The van der Waals surface area contributed by atoms with Gasteiger partial charge >= 0.3 is 18.4 Å². The number of primary amides is 1. The number of carboxylic acid groups (broad SMARTS) is 1. The van der Waals surface area contributed by atoms with Crippen LogP contribution in [0.15, 0.2) is 41.6 Å². The molecule has 0 spiro atoms. The van der Waals surface area contributed by atoms with Crippen LogP contribution in [0.3, 0.4) is 0 Å². The molecule has 1 aromatic carbocycles. The monoisotopic (exact) mass is 612 g/mol. The Morgan fingerprint density at radius 2 is 1.71 bits per heavy atom. The van der Waals surface area contributed by atoms with Crippen LogP contribution < -0.4 is 19.7 Å². The fourth-order valence-electron chi connectivity index (χ4n) is 4.08.